The SMILES string of the molecule is CNc1nc(C2CCCCS2)nc(C2CCCC2)c1Br. The van der Waals surface area contributed by atoms with Crippen molar-refractivity contribution < 1.29 is 0 Å². The molecule has 1 N–H and O–H groups in total. The minimum absolute atomic E-state index is 0.490. The van der Waals surface area contributed by atoms with Crippen LogP contribution in [0.1, 0.15) is 67.6 Å². The van der Waals surface area contributed by atoms with Crippen LogP contribution >= 0.6 is 27.7 Å². The molecule has 1 aliphatic carbocycles. The van der Waals surface area contributed by atoms with Crippen molar-refractivity contribution in [3.05, 3.63) is 16.0 Å². The molecule has 1 saturated carbocycles. The van der Waals surface area contributed by atoms with Crippen LogP contribution in [0.2, 0.25) is 0 Å². The Morgan fingerprint density at radius 2 is 1.85 bits per heavy atom. The zero-order valence-corrected chi connectivity index (χ0v) is 14.4. The van der Waals surface area contributed by atoms with E-state index < -0.39 is 0 Å². The summed E-state index contributed by atoms with van der Waals surface area (Å²) in [5.74, 6) is 3.87. The molecule has 1 saturated heterocycles. The van der Waals surface area contributed by atoms with Crippen LogP contribution in [0.3, 0.4) is 0 Å². The molecule has 1 atom stereocenters. The van der Waals surface area contributed by atoms with Gasteiger partial charge in [-0.3, -0.25) is 0 Å². The van der Waals surface area contributed by atoms with Crippen LogP contribution in [0.4, 0.5) is 5.82 Å². The van der Waals surface area contributed by atoms with Crippen LogP contribution in [0.15, 0.2) is 4.47 Å². The average molecular weight is 356 g/mol. The molecule has 0 amide bonds. The average Bonchev–Trinajstić information content (AvgIpc) is 3.02. The molecule has 5 heteroatoms. The first-order valence-electron chi connectivity index (χ1n) is 7.66. The van der Waals surface area contributed by atoms with Gasteiger partial charge in [0.1, 0.15) is 11.6 Å². The van der Waals surface area contributed by atoms with Crippen molar-refractivity contribution in [3.63, 3.8) is 0 Å². The lowest BCUT2D eigenvalue weighted by Gasteiger charge is -2.22. The van der Waals surface area contributed by atoms with E-state index in [-0.39, 0.29) is 0 Å². The van der Waals surface area contributed by atoms with Gasteiger partial charge >= 0.3 is 0 Å². The van der Waals surface area contributed by atoms with Gasteiger partial charge in [0, 0.05) is 13.0 Å². The molecule has 0 radical (unpaired) electrons. The second-order valence-electron chi connectivity index (χ2n) is 5.72. The molecule has 0 aromatic carbocycles. The van der Waals surface area contributed by atoms with Gasteiger partial charge in [0.25, 0.3) is 0 Å². The Balaban J connectivity index is 1.95. The van der Waals surface area contributed by atoms with E-state index in [1.54, 1.807) is 0 Å². The lowest BCUT2D eigenvalue weighted by Crippen LogP contribution is -2.12. The second-order valence-corrected chi connectivity index (χ2v) is 7.82. The maximum Gasteiger partial charge on any atom is 0.144 e. The zero-order chi connectivity index (χ0) is 13.9. The number of nitrogens with one attached hydrogen (secondary N) is 1. The lowest BCUT2D eigenvalue weighted by molar-refractivity contribution is 0.639. The van der Waals surface area contributed by atoms with Crippen LogP contribution < -0.4 is 5.32 Å². The first-order chi connectivity index (χ1) is 9.79. The number of anilines is 1. The third-order valence-electron chi connectivity index (χ3n) is 4.34. The van der Waals surface area contributed by atoms with E-state index in [0.29, 0.717) is 11.2 Å². The summed E-state index contributed by atoms with van der Waals surface area (Å²) >= 11 is 5.74. The lowest BCUT2D eigenvalue weighted by atomic mass is 10.0. The number of rotatable bonds is 3. The van der Waals surface area contributed by atoms with Gasteiger partial charge in [0.05, 0.1) is 15.4 Å². The Kier molecular flexibility index (Phi) is 4.87. The monoisotopic (exact) mass is 355 g/mol. The molecule has 0 spiro atoms. The third kappa shape index (κ3) is 2.98. The van der Waals surface area contributed by atoms with Gasteiger partial charge in [-0.2, -0.15) is 11.8 Å². The summed E-state index contributed by atoms with van der Waals surface area (Å²) in [4.78, 5) is 9.72. The van der Waals surface area contributed by atoms with Gasteiger partial charge < -0.3 is 5.32 Å². The van der Waals surface area contributed by atoms with Gasteiger partial charge in [-0.1, -0.05) is 19.3 Å². The molecule has 110 valence electrons. The van der Waals surface area contributed by atoms with Gasteiger partial charge in [0.2, 0.25) is 0 Å². The second kappa shape index (κ2) is 6.65. The summed E-state index contributed by atoms with van der Waals surface area (Å²) in [6, 6.07) is 0. The molecular weight excluding hydrogens is 334 g/mol. The Hall–Kier alpha value is -0.290. The molecule has 20 heavy (non-hydrogen) atoms. The van der Waals surface area contributed by atoms with Crippen molar-refractivity contribution in [2.24, 2.45) is 0 Å². The van der Waals surface area contributed by atoms with E-state index >= 15 is 0 Å². The van der Waals surface area contributed by atoms with E-state index in [4.69, 9.17) is 9.97 Å². The Morgan fingerprint density at radius 3 is 2.50 bits per heavy atom. The predicted octanol–water partition coefficient (Wildman–Crippen LogP) is 4.90. The molecule has 3 nitrogen and oxygen atoms in total. The Bertz CT molecular complexity index is 468. The number of nitrogens with zero attached hydrogens (tertiary/aromatic N) is 2. The van der Waals surface area contributed by atoms with Crippen LogP contribution in [-0.2, 0) is 0 Å². The number of thioether (sulfide) groups is 1. The topological polar surface area (TPSA) is 37.8 Å². The molecule has 0 bridgehead atoms. The van der Waals surface area contributed by atoms with Crippen LogP contribution in [0.5, 0.6) is 0 Å². The van der Waals surface area contributed by atoms with Crippen molar-refractivity contribution in [2.45, 2.75) is 56.1 Å². The maximum absolute atomic E-state index is 4.97. The fraction of sp³-hybridized carbons (Fsp3) is 0.733. The van der Waals surface area contributed by atoms with Gasteiger partial charge in [-0.05, 0) is 47.4 Å². The highest BCUT2D eigenvalue weighted by Gasteiger charge is 2.26. The van der Waals surface area contributed by atoms with E-state index in [0.717, 1.165) is 16.1 Å². The summed E-state index contributed by atoms with van der Waals surface area (Å²) in [6.07, 6.45) is 9.09. The standard InChI is InChI=1S/C15H22BrN3S/c1-17-15-12(16)13(10-6-2-3-7-10)18-14(19-15)11-8-4-5-9-20-11/h10-11H,2-9H2,1H3,(H,17,18,19). The molecule has 2 heterocycles. The summed E-state index contributed by atoms with van der Waals surface area (Å²) in [5, 5.41) is 3.72. The predicted molar refractivity (Wildman–Crippen MR) is 89.5 cm³/mol. The fourth-order valence-corrected chi connectivity index (χ4v) is 5.15. The zero-order valence-electron chi connectivity index (χ0n) is 12.0. The highest BCUT2D eigenvalue weighted by Crippen LogP contribution is 2.42. The quantitative estimate of drug-likeness (QED) is 0.836. The van der Waals surface area contributed by atoms with Crippen LogP contribution in [0.25, 0.3) is 0 Å². The minimum atomic E-state index is 0.490. The molecular formula is C15H22BrN3S. The minimum Gasteiger partial charge on any atom is -0.372 e. The number of halogens is 1. The Morgan fingerprint density at radius 1 is 1.10 bits per heavy atom. The summed E-state index contributed by atoms with van der Waals surface area (Å²) in [5.41, 5.74) is 1.24. The molecule has 1 unspecified atom stereocenters. The van der Waals surface area contributed by atoms with Gasteiger partial charge in [-0.25, -0.2) is 9.97 Å². The third-order valence-corrected chi connectivity index (χ3v) is 6.50. The molecule has 3 rings (SSSR count). The normalized spacial score (nSPS) is 24.0. The number of hydrogen-bond donors (Lipinski definition) is 1. The van der Waals surface area contributed by atoms with Crippen LogP contribution in [-0.4, -0.2) is 22.8 Å². The van der Waals surface area contributed by atoms with Crippen molar-refractivity contribution in [3.8, 4) is 0 Å². The van der Waals surface area contributed by atoms with Crippen LogP contribution in [0, 0.1) is 0 Å². The molecule has 2 aliphatic rings. The number of aromatic nitrogens is 2. The summed E-state index contributed by atoms with van der Waals surface area (Å²) in [7, 11) is 1.95. The highest BCUT2D eigenvalue weighted by molar-refractivity contribution is 9.10. The first-order valence-corrected chi connectivity index (χ1v) is 9.50. The molecule has 1 aliphatic heterocycles. The molecule has 2 fully saturated rings. The van der Waals surface area contributed by atoms with Gasteiger partial charge in [-0.15, -0.1) is 0 Å². The maximum atomic E-state index is 4.97. The van der Waals surface area contributed by atoms with Gasteiger partial charge in [0.15, 0.2) is 0 Å². The first kappa shape index (κ1) is 14.6. The smallest absolute Gasteiger partial charge is 0.144 e. The summed E-state index contributed by atoms with van der Waals surface area (Å²) in [6.45, 7) is 0. The van der Waals surface area contributed by atoms with Crippen molar-refractivity contribution in [1.82, 2.24) is 9.97 Å². The molecule has 1 aromatic rings. The fourth-order valence-electron chi connectivity index (χ4n) is 3.21. The van der Waals surface area contributed by atoms with E-state index in [9.17, 15) is 0 Å². The van der Waals surface area contributed by atoms with E-state index in [1.807, 2.05) is 18.8 Å². The highest BCUT2D eigenvalue weighted by atomic mass is 79.9. The number of hydrogen-bond acceptors (Lipinski definition) is 4. The van der Waals surface area contributed by atoms with Crippen molar-refractivity contribution in [1.29, 1.82) is 0 Å². The largest absolute Gasteiger partial charge is 0.372 e. The van der Waals surface area contributed by atoms with E-state index in [1.165, 1.54) is 56.4 Å². The summed E-state index contributed by atoms with van der Waals surface area (Å²) < 4.78 is 1.08. The molecule has 1 aromatic heterocycles. The Labute approximate surface area is 133 Å². The van der Waals surface area contributed by atoms with Crippen molar-refractivity contribution in [2.75, 3.05) is 18.1 Å². The van der Waals surface area contributed by atoms with E-state index in [2.05, 4.69) is 21.2 Å². The van der Waals surface area contributed by atoms with Crippen molar-refractivity contribution >= 4 is 33.5 Å².